The molecule has 2 rings (SSSR count). The van der Waals surface area contributed by atoms with Crippen LogP contribution in [0.3, 0.4) is 0 Å². The van der Waals surface area contributed by atoms with Gasteiger partial charge in [0.2, 0.25) is 0 Å². The van der Waals surface area contributed by atoms with Crippen molar-refractivity contribution in [3.63, 3.8) is 0 Å². The van der Waals surface area contributed by atoms with E-state index >= 15 is 0 Å². The predicted molar refractivity (Wildman–Crippen MR) is 53.6 cm³/mol. The molecule has 1 aliphatic carbocycles. The van der Waals surface area contributed by atoms with Gasteiger partial charge in [0.1, 0.15) is 6.61 Å². The molecule has 0 aromatic rings. The Hall–Kier alpha value is -0.770. The number of ether oxygens (including phenoxy) is 3. The number of rotatable bonds is 4. The van der Waals surface area contributed by atoms with E-state index in [9.17, 15) is 4.79 Å². The number of hydrogen-bond acceptors (Lipinski definition) is 4. The van der Waals surface area contributed by atoms with E-state index in [1.165, 1.54) is 32.1 Å². The van der Waals surface area contributed by atoms with Crippen LogP contribution in [0.4, 0.5) is 4.79 Å². The smallest absolute Gasteiger partial charge is 0.430 e. The Morgan fingerprint density at radius 2 is 2.00 bits per heavy atom. The number of carbonyl (C=O) groups excluding carboxylic acids is 1. The second-order valence-electron chi connectivity index (χ2n) is 4.34. The summed E-state index contributed by atoms with van der Waals surface area (Å²) in [6, 6.07) is 0. The molecule has 0 aromatic carbocycles. The lowest BCUT2D eigenvalue weighted by Gasteiger charge is -2.21. The van der Waals surface area contributed by atoms with E-state index < -0.39 is 6.16 Å². The van der Waals surface area contributed by atoms with Crippen molar-refractivity contribution in [3.05, 3.63) is 0 Å². The first-order valence-corrected chi connectivity index (χ1v) is 5.76. The summed E-state index contributed by atoms with van der Waals surface area (Å²) in [6.07, 6.45) is 5.82. The van der Waals surface area contributed by atoms with E-state index in [0.29, 0.717) is 19.1 Å². The SMILES string of the molecule is O=C1OCC(COCC2CCCCC2)O1. The van der Waals surface area contributed by atoms with E-state index in [1.54, 1.807) is 0 Å². The van der Waals surface area contributed by atoms with Crippen molar-refractivity contribution in [1.82, 2.24) is 0 Å². The normalized spacial score (nSPS) is 27.5. The van der Waals surface area contributed by atoms with Gasteiger partial charge in [-0.1, -0.05) is 19.3 Å². The highest BCUT2D eigenvalue weighted by molar-refractivity contribution is 5.61. The molecule has 0 aromatic heterocycles. The van der Waals surface area contributed by atoms with Crippen LogP contribution in [0.1, 0.15) is 32.1 Å². The van der Waals surface area contributed by atoms with E-state index in [0.717, 1.165) is 6.61 Å². The Bertz CT molecular complexity index is 211. The third-order valence-electron chi connectivity index (χ3n) is 3.03. The van der Waals surface area contributed by atoms with Crippen molar-refractivity contribution in [1.29, 1.82) is 0 Å². The summed E-state index contributed by atoms with van der Waals surface area (Å²) in [7, 11) is 0. The fourth-order valence-electron chi connectivity index (χ4n) is 2.17. The summed E-state index contributed by atoms with van der Waals surface area (Å²) >= 11 is 0. The first-order valence-electron chi connectivity index (χ1n) is 5.76. The molecule has 4 heteroatoms. The van der Waals surface area contributed by atoms with Crippen molar-refractivity contribution < 1.29 is 19.0 Å². The van der Waals surface area contributed by atoms with Gasteiger partial charge in [-0.15, -0.1) is 0 Å². The summed E-state index contributed by atoms with van der Waals surface area (Å²) in [5.41, 5.74) is 0. The molecule has 1 atom stereocenters. The van der Waals surface area contributed by atoms with Crippen molar-refractivity contribution in [3.8, 4) is 0 Å². The van der Waals surface area contributed by atoms with E-state index in [4.69, 9.17) is 9.47 Å². The zero-order valence-electron chi connectivity index (χ0n) is 8.94. The molecule has 0 amide bonds. The molecule has 1 saturated heterocycles. The second-order valence-corrected chi connectivity index (χ2v) is 4.34. The summed E-state index contributed by atoms with van der Waals surface area (Å²) in [5, 5.41) is 0. The number of carbonyl (C=O) groups is 1. The van der Waals surface area contributed by atoms with Crippen LogP contribution in [-0.2, 0) is 14.2 Å². The van der Waals surface area contributed by atoms with Crippen molar-refractivity contribution >= 4 is 6.16 Å². The first kappa shape index (κ1) is 10.7. The van der Waals surface area contributed by atoms with Crippen molar-refractivity contribution in [2.24, 2.45) is 5.92 Å². The Morgan fingerprint density at radius 1 is 1.20 bits per heavy atom. The molecule has 0 radical (unpaired) electrons. The van der Waals surface area contributed by atoms with Crippen LogP contribution in [-0.4, -0.2) is 32.1 Å². The average molecular weight is 214 g/mol. The second kappa shape index (κ2) is 5.35. The molecule has 1 aliphatic heterocycles. The lowest BCUT2D eigenvalue weighted by atomic mass is 9.90. The zero-order chi connectivity index (χ0) is 10.5. The lowest BCUT2D eigenvalue weighted by molar-refractivity contribution is 0.0244. The summed E-state index contributed by atoms with van der Waals surface area (Å²) < 4.78 is 15.1. The highest BCUT2D eigenvalue weighted by Gasteiger charge is 2.25. The van der Waals surface area contributed by atoms with E-state index in [2.05, 4.69) is 4.74 Å². The zero-order valence-corrected chi connectivity index (χ0v) is 8.94. The van der Waals surface area contributed by atoms with Crippen LogP contribution >= 0.6 is 0 Å². The highest BCUT2D eigenvalue weighted by atomic mass is 16.8. The minimum absolute atomic E-state index is 0.193. The standard InChI is InChI=1S/C11H18O4/c12-11-14-8-10(15-11)7-13-6-9-4-2-1-3-5-9/h9-10H,1-8H2. The molecule has 2 aliphatic rings. The quantitative estimate of drug-likeness (QED) is 0.672. The van der Waals surface area contributed by atoms with Crippen LogP contribution in [0.5, 0.6) is 0 Å². The maximum absolute atomic E-state index is 10.6. The fourth-order valence-corrected chi connectivity index (χ4v) is 2.17. The topological polar surface area (TPSA) is 44.8 Å². The Labute approximate surface area is 89.9 Å². The van der Waals surface area contributed by atoms with Crippen LogP contribution < -0.4 is 0 Å². The van der Waals surface area contributed by atoms with Gasteiger partial charge >= 0.3 is 6.16 Å². The summed E-state index contributed by atoms with van der Waals surface area (Å²) in [5.74, 6) is 0.705. The summed E-state index contributed by atoms with van der Waals surface area (Å²) in [4.78, 5) is 10.6. The molecule has 15 heavy (non-hydrogen) atoms. The molecule has 1 unspecified atom stereocenters. The molecule has 86 valence electrons. The third kappa shape index (κ3) is 3.38. The maximum atomic E-state index is 10.6. The Kier molecular flexibility index (Phi) is 3.83. The van der Waals surface area contributed by atoms with Crippen molar-refractivity contribution in [2.45, 2.75) is 38.2 Å². The molecule has 2 fully saturated rings. The Morgan fingerprint density at radius 3 is 2.67 bits per heavy atom. The van der Waals surface area contributed by atoms with Crippen LogP contribution in [0.15, 0.2) is 0 Å². The average Bonchev–Trinajstić information content (AvgIpc) is 2.66. The molecule has 1 saturated carbocycles. The highest BCUT2D eigenvalue weighted by Crippen LogP contribution is 2.23. The van der Waals surface area contributed by atoms with Gasteiger partial charge in [0.05, 0.1) is 6.61 Å². The minimum Gasteiger partial charge on any atom is -0.430 e. The van der Waals surface area contributed by atoms with Crippen molar-refractivity contribution in [2.75, 3.05) is 19.8 Å². The summed E-state index contributed by atoms with van der Waals surface area (Å²) in [6.45, 7) is 1.61. The van der Waals surface area contributed by atoms with Gasteiger partial charge in [-0.25, -0.2) is 4.79 Å². The van der Waals surface area contributed by atoms with E-state index in [1.807, 2.05) is 0 Å². The van der Waals surface area contributed by atoms with E-state index in [-0.39, 0.29) is 6.10 Å². The van der Waals surface area contributed by atoms with Gasteiger partial charge < -0.3 is 14.2 Å². The molecular weight excluding hydrogens is 196 g/mol. The van der Waals surface area contributed by atoms with Gasteiger partial charge in [-0.2, -0.15) is 0 Å². The number of cyclic esters (lactones) is 2. The number of hydrogen-bond donors (Lipinski definition) is 0. The fraction of sp³-hybridized carbons (Fsp3) is 0.909. The van der Waals surface area contributed by atoms with Gasteiger partial charge in [-0.05, 0) is 18.8 Å². The molecule has 0 bridgehead atoms. The Balaban J connectivity index is 1.56. The first-order chi connectivity index (χ1) is 7.34. The van der Waals surface area contributed by atoms with Gasteiger partial charge in [0.25, 0.3) is 0 Å². The largest absolute Gasteiger partial charge is 0.508 e. The molecule has 4 nitrogen and oxygen atoms in total. The predicted octanol–water partition coefficient (Wildman–Crippen LogP) is 2.12. The third-order valence-corrected chi connectivity index (χ3v) is 3.03. The molecule has 1 heterocycles. The van der Waals surface area contributed by atoms with Gasteiger partial charge in [0.15, 0.2) is 6.10 Å². The lowest BCUT2D eigenvalue weighted by Crippen LogP contribution is -2.21. The minimum atomic E-state index is -0.568. The molecular formula is C11H18O4. The monoisotopic (exact) mass is 214 g/mol. The van der Waals surface area contributed by atoms with Gasteiger partial charge in [-0.3, -0.25) is 0 Å². The van der Waals surface area contributed by atoms with Crippen LogP contribution in [0, 0.1) is 5.92 Å². The van der Waals surface area contributed by atoms with Gasteiger partial charge in [0, 0.05) is 6.61 Å². The van der Waals surface area contributed by atoms with Crippen LogP contribution in [0.25, 0.3) is 0 Å². The molecule has 0 spiro atoms. The maximum Gasteiger partial charge on any atom is 0.508 e. The van der Waals surface area contributed by atoms with Crippen LogP contribution in [0.2, 0.25) is 0 Å². The molecule has 0 N–H and O–H groups in total.